The average molecular weight is 444 g/mol. The fourth-order valence-electron chi connectivity index (χ4n) is 2.61. The molecule has 3 rings (SSSR count). The van der Waals surface area contributed by atoms with Crippen molar-refractivity contribution in [2.45, 2.75) is 13.5 Å². The Kier molecular flexibility index (Phi) is 6.31. The maximum absolute atomic E-state index is 14.0. The Morgan fingerprint density at radius 3 is 2.50 bits per heavy atom. The van der Waals surface area contributed by atoms with Gasteiger partial charge in [-0.2, -0.15) is 0 Å². The molecular weight excluding hydrogens is 425 g/mol. The zero-order valence-corrected chi connectivity index (χ0v) is 17.0. The molecule has 4 nitrogen and oxygen atoms in total. The molecule has 144 valence electrons. The second-order valence-electron chi connectivity index (χ2n) is 6.21. The lowest BCUT2D eigenvalue weighted by Crippen LogP contribution is -2.14. The van der Waals surface area contributed by atoms with Gasteiger partial charge in [0.05, 0.1) is 12.8 Å². The Labute approximate surface area is 171 Å². The van der Waals surface area contributed by atoms with Crippen molar-refractivity contribution in [3.8, 4) is 11.5 Å². The van der Waals surface area contributed by atoms with Gasteiger partial charge >= 0.3 is 0 Å². The van der Waals surface area contributed by atoms with Crippen molar-refractivity contribution >= 4 is 27.5 Å². The number of rotatable bonds is 6. The van der Waals surface area contributed by atoms with Gasteiger partial charge in [-0.25, -0.2) is 4.39 Å². The zero-order valence-electron chi connectivity index (χ0n) is 15.5. The van der Waals surface area contributed by atoms with Crippen LogP contribution in [-0.4, -0.2) is 13.0 Å². The van der Waals surface area contributed by atoms with E-state index in [1.54, 1.807) is 31.4 Å². The molecule has 3 aromatic carbocycles. The number of benzene rings is 3. The van der Waals surface area contributed by atoms with Gasteiger partial charge in [-0.1, -0.05) is 33.6 Å². The maximum atomic E-state index is 14.0. The van der Waals surface area contributed by atoms with Gasteiger partial charge in [-0.15, -0.1) is 0 Å². The van der Waals surface area contributed by atoms with Crippen LogP contribution in [0.5, 0.6) is 11.5 Å². The van der Waals surface area contributed by atoms with Crippen molar-refractivity contribution in [1.82, 2.24) is 0 Å². The van der Waals surface area contributed by atoms with E-state index in [2.05, 4.69) is 21.2 Å². The first-order valence-corrected chi connectivity index (χ1v) is 9.38. The molecule has 1 amide bonds. The van der Waals surface area contributed by atoms with Crippen LogP contribution < -0.4 is 14.8 Å². The number of anilines is 1. The predicted octanol–water partition coefficient (Wildman–Crippen LogP) is 5.74. The van der Waals surface area contributed by atoms with Gasteiger partial charge in [0.2, 0.25) is 0 Å². The third kappa shape index (κ3) is 4.89. The first-order chi connectivity index (χ1) is 13.5. The van der Waals surface area contributed by atoms with E-state index in [9.17, 15) is 9.18 Å². The standard InChI is InChI=1S/C22H19BrFNO3/c1-14-3-7-18(8-4-14)28-13-16-11-15(5-10-21(16)27-2)22(26)25-20-9-6-17(23)12-19(20)24/h3-12H,13H2,1-2H3,(H,25,26). The number of hydrogen-bond acceptors (Lipinski definition) is 3. The van der Waals surface area contributed by atoms with E-state index in [1.165, 1.54) is 12.1 Å². The molecule has 0 bridgehead atoms. The summed E-state index contributed by atoms with van der Waals surface area (Å²) >= 11 is 3.19. The summed E-state index contributed by atoms with van der Waals surface area (Å²) in [6.07, 6.45) is 0. The topological polar surface area (TPSA) is 47.6 Å². The van der Waals surface area contributed by atoms with Crippen molar-refractivity contribution in [1.29, 1.82) is 0 Å². The second-order valence-corrected chi connectivity index (χ2v) is 7.12. The molecule has 1 N–H and O–H groups in total. The van der Waals surface area contributed by atoms with Gasteiger partial charge in [0.15, 0.2) is 0 Å². The number of carbonyl (C=O) groups is 1. The highest BCUT2D eigenvalue weighted by molar-refractivity contribution is 9.10. The molecule has 0 saturated heterocycles. The fraction of sp³-hybridized carbons (Fsp3) is 0.136. The molecule has 0 saturated carbocycles. The Morgan fingerprint density at radius 2 is 1.82 bits per heavy atom. The van der Waals surface area contributed by atoms with Crippen LogP contribution in [0.1, 0.15) is 21.5 Å². The summed E-state index contributed by atoms with van der Waals surface area (Å²) in [4.78, 5) is 12.5. The highest BCUT2D eigenvalue weighted by Crippen LogP contribution is 2.24. The predicted molar refractivity (Wildman–Crippen MR) is 111 cm³/mol. The lowest BCUT2D eigenvalue weighted by molar-refractivity contribution is 0.102. The van der Waals surface area contributed by atoms with Gasteiger partial charge in [-0.3, -0.25) is 4.79 Å². The van der Waals surface area contributed by atoms with Crippen LogP contribution in [0.2, 0.25) is 0 Å². The lowest BCUT2D eigenvalue weighted by Gasteiger charge is -2.13. The number of amides is 1. The lowest BCUT2D eigenvalue weighted by atomic mass is 10.1. The number of carbonyl (C=O) groups excluding carboxylic acids is 1. The number of aryl methyl sites for hydroxylation is 1. The van der Waals surface area contributed by atoms with E-state index < -0.39 is 11.7 Å². The van der Waals surface area contributed by atoms with Crippen LogP contribution in [-0.2, 0) is 6.61 Å². The number of nitrogens with one attached hydrogen (secondary N) is 1. The van der Waals surface area contributed by atoms with E-state index >= 15 is 0 Å². The number of halogens is 2. The van der Waals surface area contributed by atoms with Crippen molar-refractivity contribution < 1.29 is 18.7 Å². The molecule has 0 unspecified atom stereocenters. The largest absolute Gasteiger partial charge is 0.496 e. The molecule has 0 aliphatic heterocycles. The first kappa shape index (κ1) is 19.9. The van der Waals surface area contributed by atoms with Gasteiger partial charge in [0.1, 0.15) is 23.9 Å². The second kappa shape index (κ2) is 8.89. The van der Waals surface area contributed by atoms with Crippen LogP contribution in [0, 0.1) is 12.7 Å². The number of methoxy groups -OCH3 is 1. The van der Waals surface area contributed by atoms with Crippen LogP contribution in [0.4, 0.5) is 10.1 Å². The number of ether oxygens (including phenoxy) is 2. The summed E-state index contributed by atoms with van der Waals surface area (Å²) in [7, 11) is 1.56. The summed E-state index contributed by atoms with van der Waals surface area (Å²) in [6, 6.07) is 17.1. The maximum Gasteiger partial charge on any atom is 0.255 e. The van der Waals surface area contributed by atoms with Gasteiger partial charge in [0.25, 0.3) is 5.91 Å². The normalized spacial score (nSPS) is 10.4. The Balaban J connectivity index is 1.77. The monoisotopic (exact) mass is 443 g/mol. The first-order valence-electron chi connectivity index (χ1n) is 8.59. The van der Waals surface area contributed by atoms with Crippen molar-refractivity contribution in [2.75, 3.05) is 12.4 Å². The Hall–Kier alpha value is -2.86. The molecule has 0 aliphatic rings. The summed E-state index contributed by atoms with van der Waals surface area (Å²) in [6.45, 7) is 2.24. The smallest absolute Gasteiger partial charge is 0.255 e. The van der Waals surface area contributed by atoms with E-state index in [-0.39, 0.29) is 12.3 Å². The molecule has 6 heteroatoms. The average Bonchev–Trinajstić information content (AvgIpc) is 2.69. The third-order valence-electron chi connectivity index (χ3n) is 4.14. The quantitative estimate of drug-likeness (QED) is 0.528. The summed E-state index contributed by atoms with van der Waals surface area (Å²) in [5.74, 6) is 0.401. The molecule has 0 heterocycles. The summed E-state index contributed by atoms with van der Waals surface area (Å²) in [5, 5.41) is 2.58. The van der Waals surface area contributed by atoms with E-state index in [4.69, 9.17) is 9.47 Å². The van der Waals surface area contributed by atoms with Crippen LogP contribution in [0.3, 0.4) is 0 Å². The molecule has 0 radical (unpaired) electrons. The molecule has 28 heavy (non-hydrogen) atoms. The highest BCUT2D eigenvalue weighted by atomic mass is 79.9. The molecule has 0 fully saturated rings. The zero-order chi connectivity index (χ0) is 20.1. The van der Waals surface area contributed by atoms with E-state index in [0.29, 0.717) is 21.3 Å². The summed E-state index contributed by atoms with van der Waals surface area (Å²) < 4.78 is 25.7. The highest BCUT2D eigenvalue weighted by Gasteiger charge is 2.13. The van der Waals surface area contributed by atoms with Crippen LogP contribution in [0.25, 0.3) is 0 Å². The van der Waals surface area contributed by atoms with Crippen LogP contribution >= 0.6 is 15.9 Å². The van der Waals surface area contributed by atoms with E-state index in [1.807, 2.05) is 31.2 Å². The van der Waals surface area contributed by atoms with Crippen molar-refractivity contribution in [3.63, 3.8) is 0 Å². The van der Waals surface area contributed by atoms with Gasteiger partial charge < -0.3 is 14.8 Å². The molecule has 0 aliphatic carbocycles. The van der Waals surface area contributed by atoms with Crippen LogP contribution in [0.15, 0.2) is 65.1 Å². The van der Waals surface area contributed by atoms with Gasteiger partial charge in [0, 0.05) is 15.6 Å². The van der Waals surface area contributed by atoms with Crippen molar-refractivity contribution in [3.05, 3.63) is 87.6 Å². The molecule has 0 aromatic heterocycles. The molecular formula is C22H19BrFNO3. The molecule has 0 atom stereocenters. The Morgan fingerprint density at radius 1 is 1.07 bits per heavy atom. The minimum absolute atomic E-state index is 0.112. The SMILES string of the molecule is COc1ccc(C(=O)Nc2ccc(Br)cc2F)cc1COc1ccc(C)cc1. The van der Waals surface area contributed by atoms with E-state index in [0.717, 1.165) is 11.3 Å². The molecule has 0 spiro atoms. The third-order valence-corrected chi connectivity index (χ3v) is 4.63. The molecule has 3 aromatic rings. The number of hydrogen-bond donors (Lipinski definition) is 1. The van der Waals surface area contributed by atoms with Crippen molar-refractivity contribution in [2.24, 2.45) is 0 Å². The minimum atomic E-state index is -0.515. The Bertz CT molecular complexity index is 990. The minimum Gasteiger partial charge on any atom is -0.496 e. The fourth-order valence-corrected chi connectivity index (χ4v) is 2.95. The summed E-state index contributed by atoms with van der Waals surface area (Å²) in [5.41, 5.74) is 2.35. The van der Waals surface area contributed by atoms with Gasteiger partial charge in [-0.05, 0) is 55.5 Å².